The first-order valence-electron chi connectivity index (χ1n) is 5.60. The van der Waals surface area contributed by atoms with Crippen LogP contribution >= 0.6 is 0 Å². The highest BCUT2D eigenvalue weighted by Gasteiger charge is 2.21. The monoisotopic (exact) mass is 223 g/mol. The van der Waals surface area contributed by atoms with Gasteiger partial charge in [-0.25, -0.2) is 4.98 Å². The highest BCUT2D eigenvalue weighted by molar-refractivity contribution is 5.68. The first-order chi connectivity index (χ1) is 7.65. The number of carbonyl (C=O) groups is 1. The molecule has 0 aliphatic carbocycles. The van der Waals surface area contributed by atoms with Crippen molar-refractivity contribution in [2.24, 2.45) is 0 Å². The summed E-state index contributed by atoms with van der Waals surface area (Å²) >= 11 is 0. The Morgan fingerprint density at radius 2 is 2.56 bits per heavy atom. The van der Waals surface area contributed by atoms with Crippen molar-refractivity contribution in [3.05, 3.63) is 17.7 Å². The molecule has 0 spiro atoms. The van der Waals surface area contributed by atoms with Gasteiger partial charge in [-0.1, -0.05) is 0 Å². The molecule has 1 saturated heterocycles. The van der Waals surface area contributed by atoms with Gasteiger partial charge in [-0.2, -0.15) is 0 Å². The minimum absolute atomic E-state index is 0.0273. The molecule has 0 radical (unpaired) electrons. The van der Waals surface area contributed by atoms with Crippen LogP contribution in [0, 0.1) is 0 Å². The van der Waals surface area contributed by atoms with E-state index in [0.29, 0.717) is 11.9 Å². The lowest BCUT2D eigenvalue weighted by Crippen LogP contribution is -2.26. The van der Waals surface area contributed by atoms with Crippen LogP contribution in [-0.2, 0) is 17.6 Å². The number of hydrogen-bond acceptors (Lipinski definition) is 3. The van der Waals surface area contributed by atoms with Crippen molar-refractivity contribution in [2.45, 2.75) is 31.7 Å². The second kappa shape index (κ2) is 4.65. The van der Waals surface area contributed by atoms with E-state index < -0.39 is 5.97 Å². The smallest absolute Gasteiger partial charge is 0.311 e. The van der Waals surface area contributed by atoms with Gasteiger partial charge in [0.05, 0.1) is 0 Å². The van der Waals surface area contributed by atoms with Gasteiger partial charge in [0.2, 0.25) is 0 Å². The van der Waals surface area contributed by atoms with E-state index in [1.165, 1.54) is 12.8 Å². The maximum atomic E-state index is 10.5. The van der Waals surface area contributed by atoms with Crippen molar-refractivity contribution in [2.75, 3.05) is 13.6 Å². The maximum absolute atomic E-state index is 10.5. The molecule has 2 heterocycles. The fourth-order valence-corrected chi connectivity index (χ4v) is 2.23. The van der Waals surface area contributed by atoms with E-state index in [-0.39, 0.29) is 6.42 Å². The Morgan fingerprint density at radius 3 is 3.19 bits per heavy atom. The van der Waals surface area contributed by atoms with Crippen LogP contribution in [0.4, 0.5) is 0 Å². The lowest BCUT2D eigenvalue weighted by Gasteiger charge is -2.18. The third kappa shape index (κ3) is 2.61. The summed E-state index contributed by atoms with van der Waals surface area (Å²) in [6.07, 6.45) is 5.12. The molecule has 5 nitrogen and oxygen atoms in total. The predicted octanol–water partition coefficient (Wildman–Crippen LogP) is 0.673. The summed E-state index contributed by atoms with van der Waals surface area (Å²) in [5, 5.41) is 8.63. The molecule has 0 saturated carbocycles. The Labute approximate surface area is 94.5 Å². The molecule has 5 heteroatoms. The van der Waals surface area contributed by atoms with Crippen molar-refractivity contribution in [3.8, 4) is 0 Å². The van der Waals surface area contributed by atoms with Gasteiger partial charge in [-0.05, 0) is 26.4 Å². The zero-order valence-corrected chi connectivity index (χ0v) is 9.44. The number of carboxylic acids is 1. The third-order valence-corrected chi connectivity index (χ3v) is 3.13. The van der Waals surface area contributed by atoms with Crippen LogP contribution in [0.3, 0.4) is 0 Å². The molecule has 1 aromatic heterocycles. The number of carboxylic acid groups (broad SMARTS) is 1. The zero-order chi connectivity index (χ0) is 11.5. The molecule has 1 aliphatic rings. The molecule has 1 aliphatic heterocycles. The number of aliphatic carboxylic acids is 1. The highest BCUT2D eigenvalue weighted by Crippen LogP contribution is 2.18. The quantitative estimate of drug-likeness (QED) is 0.787. The number of aromatic amines is 1. The molecule has 2 rings (SSSR count). The minimum atomic E-state index is -0.848. The fourth-order valence-electron chi connectivity index (χ4n) is 2.23. The Morgan fingerprint density at radius 1 is 1.75 bits per heavy atom. The Kier molecular flexibility index (Phi) is 3.24. The maximum Gasteiger partial charge on any atom is 0.311 e. The number of hydrogen-bond donors (Lipinski definition) is 2. The number of nitrogens with zero attached hydrogens (tertiary/aromatic N) is 2. The van der Waals surface area contributed by atoms with E-state index in [1.807, 2.05) is 0 Å². The number of aromatic nitrogens is 2. The summed E-state index contributed by atoms with van der Waals surface area (Å²) in [5.41, 5.74) is 1.04. The lowest BCUT2D eigenvalue weighted by molar-refractivity contribution is -0.136. The van der Waals surface area contributed by atoms with Crippen LogP contribution in [0.1, 0.15) is 24.4 Å². The largest absolute Gasteiger partial charge is 0.481 e. The minimum Gasteiger partial charge on any atom is -0.481 e. The lowest BCUT2D eigenvalue weighted by atomic mass is 10.1. The van der Waals surface area contributed by atoms with Gasteiger partial charge in [0.1, 0.15) is 12.2 Å². The Bertz CT molecular complexity index is 375. The van der Waals surface area contributed by atoms with Crippen LogP contribution in [0.2, 0.25) is 0 Å². The molecule has 88 valence electrons. The number of rotatable bonds is 4. The summed E-state index contributed by atoms with van der Waals surface area (Å²) in [5.74, 6) is -0.304. The number of nitrogens with one attached hydrogen (secondary N) is 1. The first kappa shape index (κ1) is 11.1. The van der Waals surface area contributed by atoms with E-state index in [4.69, 9.17) is 5.11 Å². The molecule has 1 aromatic rings. The van der Waals surface area contributed by atoms with Crippen molar-refractivity contribution >= 4 is 5.97 Å². The van der Waals surface area contributed by atoms with Gasteiger partial charge in [0, 0.05) is 24.4 Å². The second-order valence-corrected chi connectivity index (χ2v) is 4.41. The van der Waals surface area contributed by atoms with Crippen LogP contribution in [0.5, 0.6) is 0 Å². The molecular formula is C11H17N3O2. The molecule has 1 unspecified atom stereocenters. The molecule has 16 heavy (non-hydrogen) atoms. The van der Waals surface area contributed by atoms with Crippen LogP contribution < -0.4 is 0 Å². The standard InChI is InChI=1S/C11H17N3O2/c1-14-4-2-3-9(14)5-8-7-12-10(13-8)6-11(15)16/h7,9H,2-6H2,1H3,(H,12,13)(H,15,16). The molecular weight excluding hydrogens is 206 g/mol. The second-order valence-electron chi connectivity index (χ2n) is 4.41. The summed E-state index contributed by atoms with van der Waals surface area (Å²) in [7, 11) is 2.13. The van der Waals surface area contributed by atoms with Gasteiger partial charge in [-0.3, -0.25) is 4.79 Å². The Hall–Kier alpha value is -1.36. The van der Waals surface area contributed by atoms with Gasteiger partial charge in [0.15, 0.2) is 0 Å². The SMILES string of the molecule is CN1CCCC1Cc1cnc(CC(=O)O)[nH]1. The average molecular weight is 223 g/mol. The normalized spacial score (nSPS) is 21.4. The van der Waals surface area contributed by atoms with E-state index in [0.717, 1.165) is 18.7 Å². The van der Waals surface area contributed by atoms with Gasteiger partial charge >= 0.3 is 5.97 Å². The molecule has 0 aromatic carbocycles. The molecule has 1 atom stereocenters. The third-order valence-electron chi connectivity index (χ3n) is 3.13. The molecule has 0 bridgehead atoms. The van der Waals surface area contributed by atoms with Gasteiger partial charge < -0.3 is 15.0 Å². The summed E-state index contributed by atoms with van der Waals surface area (Å²) in [4.78, 5) is 20.0. The summed E-state index contributed by atoms with van der Waals surface area (Å²) in [6.45, 7) is 1.15. The summed E-state index contributed by atoms with van der Waals surface area (Å²) in [6, 6.07) is 0.568. The molecule has 1 fully saturated rings. The summed E-state index contributed by atoms with van der Waals surface area (Å²) < 4.78 is 0. The molecule has 0 amide bonds. The van der Waals surface area contributed by atoms with Crippen LogP contribution in [0.25, 0.3) is 0 Å². The average Bonchev–Trinajstić information content (AvgIpc) is 2.77. The van der Waals surface area contributed by atoms with Crippen molar-refractivity contribution < 1.29 is 9.90 Å². The van der Waals surface area contributed by atoms with Gasteiger partial charge in [-0.15, -0.1) is 0 Å². The number of likely N-dealkylation sites (N-methyl/N-ethyl adjacent to an activating group) is 1. The van der Waals surface area contributed by atoms with Crippen molar-refractivity contribution in [3.63, 3.8) is 0 Å². The number of H-pyrrole nitrogens is 1. The van der Waals surface area contributed by atoms with Crippen LogP contribution in [0.15, 0.2) is 6.20 Å². The van der Waals surface area contributed by atoms with Gasteiger partial charge in [0.25, 0.3) is 0 Å². The zero-order valence-electron chi connectivity index (χ0n) is 9.44. The predicted molar refractivity (Wildman–Crippen MR) is 59.3 cm³/mol. The van der Waals surface area contributed by atoms with E-state index in [1.54, 1.807) is 6.20 Å². The van der Waals surface area contributed by atoms with Crippen molar-refractivity contribution in [1.29, 1.82) is 0 Å². The van der Waals surface area contributed by atoms with Crippen LogP contribution in [-0.4, -0.2) is 45.6 Å². The Balaban J connectivity index is 1.94. The number of likely N-dealkylation sites (tertiary alicyclic amines) is 1. The van der Waals surface area contributed by atoms with E-state index in [9.17, 15) is 4.79 Å². The first-order valence-corrected chi connectivity index (χ1v) is 5.60. The van der Waals surface area contributed by atoms with E-state index >= 15 is 0 Å². The molecule has 2 N–H and O–H groups in total. The number of imidazole rings is 1. The fraction of sp³-hybridized carbons (Fsp3) is 0.636. The highest BCUT2D eigenvalue weighted by atomic mass is 16.4. The van der Waals surface area contributed by atoms with Crippen molar-refractivity contribution in [1.82, 2.24) is 14.9 Å². The van der Waals surface area contributed by atoms with E-state index in [2.05, 4.69) is 21.9 Å². The topological polar surface area (TPSA) is 69.2 Å².